The molecular formula is C18H13Br2N3O4. The smallest absolute Gasteiger partial charge is 0.274 e. The van der Waals surface area contributed by atoms with Gasteiger partial charge in [0.15, 0.2) is 12.4 Å². The van der Waals surface area contributed by atoms with Gasteiger partial charge in [0.2, 0.25) is 0 Å². The molecule has 3 aromatic rings. The molecule has 2 aromatic carbocycles. The van der Waals surface area contributed by atoms with Crippen LogP contribution in [0.5, 0.6) is 5.75 Å². The van der Waals surface area contributed by atoms with Gasteiger partial charge in [0, 0.05) is 22.1 Å². The number of carbonyl (C=O) groups excluding carboxylic acids is 1. The monoisotopic (exact) mass is 493 g/mol. The first kappa shape index (κ1) is 19.2. The molecule has 0 aliphatic carbocycles. The van der Waals surface area contributed by atoms with Crippen molar-refractivity contribution in [3.8, 4) is 5.75 Å². The van der Waals surface area contributed by atoms with Crippen molar-refractivity contribution in [3.63, 3.8) is 0 Å². The van der Waals surface area contributed by atoms with E-state index in [1.54, 1.807) is 19.2 Å². The van der Waals surface area contributed by atoms with Crippen molar-refractivity contribution >= 4 is 60.0 Å². The summed E-state index contributed by atoms with van der Waals surface area (Å²) < 4.78 is 7.18. The van der Waals surface area contributed by atoms with E-state index in [0.29, 0.717) is 27.0 Å². The van der Waals surface area contributed by atoms with Crippen LogP contribution in [0.15, 0.2) is 51.5 Å². The van der Waals surface area contributed by atoms with Crippen LogP contribution in [-0.2, 0) is 4.79 Å². The van der Waals surface area contributed by atoms with E-state index >= 15 is 0 Å². The molecule has 0 bridgehead atoms. The minimum absolute atomic E-state index is 0.0560. The number of nitrogens with zero attached hydrogens (tertiary/aromatic N) is 2. The molecule has 0 saturated carbocycles. The number of hydrogen-bond donors (Lipinski definition) is 1. The summed E-state index contributed by atoms with van der Waals surface area (Å²) in [5, 5.41) is 14.5. The number of fused-ring (bicyclic) bond motifs is 1. The fourth-order valence-corrected chi connectivity index (χ4v) is 3.95. The molecule has 3 rings (SSSR count). The van der Waals surface area contributed by atoms with Gasteiger partial charge in [-0.15, -0.1) is 0 Å². The normalized spacial score (nSPS) is 10.6. The van der Waals surface area contributed by atoms with Crippen LogP contribution in [0.25, 0.3) is 10.9 Å². The van der Waals surface area contributed by atoms with Crippen molar-refractivity contribution in [1.29, 1.82) is 0 Å². The Kier molecular flexibility index (Phi) is 5.71. The Morgan fingerprint density at radius 2 is 2.04 bits per heavy atom. The molecule has 9 heteroatoms. The van der Waals surface area contributed by atoms with E-state index in [1.165, 1.54) is 12.1 Å². The molecule has 0 aliphatic rings. The number of pyridine rings is 1. The van der Waals surface area contributed by atoms with E-state index in [4.69, 9.17) is 4.74 Å². The number of nitrogens with one attached hydrogen (secondary N) is 1. The topological polar surface area (TPSA) is 94.4 Å². The van der Waals surface area contributed by atoms with Crippen LogP contribution in [0.3, 0.4) is 0 Å². The van der Waals surface area contributed by atoms with E-state index in [-0.39, 0.29) is 12.3 Å². The molecule has 138 valence electrons. The molecular weight excluding hydrogens is 482 g/mol. The lowest BCUT2D eigenvalue weighted by atomic mass is 10.1. The molecule has 0 spiro atoms. The first-order chi connectivity index (χ1) is 12.9. The minimum atomic E-state index is -0.488. The second-order valence-electron chi connectivity index (χ2n) is 5.61. The van der Waals surface area contributed by atoms with Crippen LogP contribution >= 0.6 is 31.9 Å². The average molecular weight is 495 g/mol. The summed E-state index contributed by atoms with van der Waals surface area (Å²) in [4.78, 5) is 27.1. The van der Waals surface area contributed by atoms with E-state index in [1.807, 2.05) is 18.2 Å². The third-order valence-electron chi connectivity index (χ3n) is 3.87. The number of nitro benzene ring substituents is 1. The van der Waals surface area contributed by atoms with Crippen LogP contribution in [0.1, 0.15) is 5.56 Å². The first-order valence-corrected chi connectivity index (χ1v) is 9.36. The number of hydrogen-bond acceptors (Lipinski definition) is 5. The summed E-state index contributed by atoms with van der Waals surface area (Å²) in [7, 11) is 0. The zero-order valence-electron chi connectivity index (χ0n) is 14.0. The summed E-state index contributed by atoms with van der Waals surface area (Å²) in [6.07, 6.45) is 1.64. The van der Waals surface area contributed by atoms with Crippen molar-refractivity contribution < 1.29 is 14.5 Å². The molecule has 0 unspecified atom stereocenters. The second-order valence-corrected chi connectivity index (χ2v) is 7.32. The molecule has 0 fully saturated rings. The highest BCUT2D eigenvalue weighted by Gasteiger charge is 2.17. The predicted octanol–water partition coefficient (Wildman–Crippen LogP) is 4.99. The lowest BCUT2D eigenvalue weighted by molar-refractivity contribution is -0.385. The number of amides is 1. The Balaban J connectivity index is 1.79. The maximum atomic E-state index is 12.3. The zero-order valence-corrected chi connectivity index (χ0v) is 17.2. The zero-order chi connectivity index (χ0) is 19.6. The average Bonchev–Trinajstić information content (AvgIpc) is 2.63. The predicted molar refractivity (Wildman–Crippen MR) is 109 cm³/mol. The summed E-state index contributed by atoms with van der Waals surface area (Å²) in [5.74, 6) is 0.0113. The molecule has 1 heterocycles. The van der Waals surface area contributed by atoms with Crippen LogP contribution in [-0.4, -0.2) is 22.4 Å². The number of aromatic nitrogens is 1. The number of halogens is 2. The minimum Gasteiger partial charge on any atom is -0.480 e. The number of anilines is 1. The van der Waals surface area contributed by atoms with Crippen molar-refractivity contribution in [3.05, 3.63) is 67.2 Å². The van der Waals surface area contributed by atoms with Crippen molar-refractivity contribution in [1.82, 2.24) is 4.98 Å². The largest absolute Gasteiger partial charge is 0.480 e. The summed E-state index contributed by atoms with van der Waals surface area (Å²) in [6.45, 7) is 1.31. The van der Waals surface area contributed by atoms with Gasteiger partial charge in [-0.3, -0.25) is 19.9 Å². The standard InChI is InChI=1S/C18H13Br2N3O4/c1-10-14(5-2-6-15(10)23(25)26)22-16(24)9-27-18-13(20)8-12(19)11-4-3-7-21-17(11)18/h2-8H,9H2,1H3,(H,22,24). The van der Waals surface area contributed by atoms with Crippen LogP contribution in [0.4, 0.5) is 11.4 Å². The van der Waals surface area contributed by atoms with E-state index in [9.17, 15) is 14.9 Å². The molecule has 1 amide bonds. The van der Waals surface area contributed by atoms with Crippen molar-refractivity contribution in [2.75, 3.05) is 11.9 Å². The molecule has 27 heavy (non-hydrogen) atoms. The fourth-order valence-electron chi connectivity index (χ4n) is 2.56. The van der Waals surface area contributed by atoms with Gasteiger partial charge in [0.05, 0.1) is 20.6 Å². The van der Waals surface area contributed by atoms with Gasteiger partial charge in [-0.2, -0.15) is 0 Å². The Hall–Kier alpha value is -2.52. The first-order valence-electron chi connectivity index (χ1n) is 7.78. The van der Waals surface area contributed by atoms with Gasteiger partial charge >= 0.3 is 0 Å². The number of rotatable bonds is 5. The van der Waals surface area contributed by atoms with E-state index in [0.717, 1.165) is 9.86 Å². The molecule has 1 N–H and O–H groups in total. The lowest BCUT2D eigenvalue weighted by Gasteiger charge is -2.13. The fraction of sp³-hybridized carbons (Fsp3) is 0.111. The highest BCUT2D eigenvalue weighted by molar-refractivity contribution is 9.11. The quantitative estimate of drug-likeness (QED) is 0.398. The maximum absolute atomic E-state index is 12.3. The third-order valence-corrected chi connectivity index (χ3v) is 5.12. The summed E-state index contributed by atoms with van der Waals surface area (Å²) in [5.41, 5.74) is 1.31. The molecule has 7 nitrogen and oxygen atoms in total. The van der Waals surface area contributed by atoms with Gasteiger partial charge in [-0.1, -0.05) is 28.1 Å². The van der Waals surface area contributed by atoms with Gasteiger partial charge in [0.1, 0.15) is 5.52 Å². The van der Waals surface area contributed by atoms with E-state index in [2.05, 4.69) is 42.2 Å². The van der Waals surface area contributed by atoms with Gasteiger partial charge in [-0.05, 0) is 41.1 Å². The Morgan fingerprint density at radius 1 is 1.26 bits per heavy atom. The van der Waals surface area contributed by atoms with Crippen LogP contribution in [0.2, 0.25) is 0 Å². The Labute approximate surface area is 171 Å². The number of benzene rings is 2. The third kappa shape index (κ3) is 4.09. The highest BCUT2D eigenvalue weighted by atomic mass is 79.9. The summed E-state index contributed by atoms with van der Waals surface area (Å²) >= 11 is 6.89. The Bertz CT molecular complexity index is 1060. The Morgan fingerprint density at radius 3 is 2.78 bits per heavy atom. The van der Waals surface area contributed by atoms with E-state index < -0.39 is 10.8 Å². The van der Waals surface area contributed by atoms with Gasteiger partial charge in [-0.25, -0.2) is 0 Å². The highest BCUT2D eigenvalue weighted by Crippen LogP contribution is 2.37. The SMILES string of the molecule is Cc1c(NC(=O)COc2c(Br)cc(Br)c3cccnc23)cccc1[N+](=O)[O-]. The maximum Gasteiger partial charge on any atom is 0.274 e. The number of carbonyl (C=O) groups is 1. The molecule has 1 aromatic heterocycles. The molecule has 0 aliphatic heterocycles. The molecule has 0 atom stereocenters. The number of nitro groups is 1. The van der Waals surface area contributed by atoms with Crippen LogP contribution in [0, 0.1) is 17.0 Å². The summed E-state index contributed by atoms with van der Waals surface area (Å²) in [6, 6.07) is 10.0. The van der Waals surface area contributed by atoms with Crippen molar-refractivity contribution in [2.24, 2.45) is 0 Å². The second kappa shape index (κ2) is 8.01. The van der Waals surface area contributed by atoms with Gasteiger partial charge < -0.3 is 10.1 Å². The van der Waals surface area contributed by atoms with Crippen molar-refractivity contribution in [2.45, 2.75) is 6.92 Å². The molecule has 0 radical (unpaired) electrons. The number of ether oxygens (including phenoxy) is 1. The van der Waals surface area contributed by atoms with Crippen LogP contribution < -0.4 is 10.1 Å². The molecule has 0 saturated heterocycles. The lowest BCUT2D eigenvalue weighted by Crippen LogP contribution is -2.21. The van der Waals surface area contributed by atoms with Gasteiger partial charge in [0.25, 0.3) is 11.6 Å².